The Hall–Kier alpha value is -1.95. The van der Waals surface area contributed by atoms with Crippen molar-refractivity contribution in [3.05, 3.63) is 41.7 Å². The standard InChI is InChI=1S/C12H13N5S/c18-12-15-10-9-13-5-3-11(10)17(12)8-2-7-16-6-1-4-14-16/h1,3-6,9H,2,7-8H2,(H,15,18). The summed E-state index contributed by atoms with van der Waals surface area (Å²) in [6.45, 7) is 1.77. The fourth-order valence-corrected chi connectivity index (χ4v) is 2.36. The number of imidazole rings is 1. The number of hydrogen-bond acceptors (Lipinski definition) is 3. The fourth-order valence-electron chi connectivity index (χ4n) is 2.06. The average molecular weight is 259 g/mol. The Balaban J connectivity index is 1.78. The Morgan fingerprint density at radius 3 is 3.06 bits per heavy atom. The van der Waals surface area contributed by atoms with E-state index in [1.54, 1.807) is 18.6 Å². The molecule has 6 heteroatoms. The zero-order valence-corrected chi connectivity index (χ0v) is 10.6. The van der Waals surface area contributed by atoms with Gasteiger partial charge < -0.3 is 9.55 Å². The van der Waals surface area contributed by atoms with Gasteiger partial charge in [-0.2, -0.15) is 5.10 Å². The van der Waals surface area contributed by atoms with Gasteiger partial charge >= 0.3 is 0 Å². The highest BCUT2D eigenvalue weighted by molar-refractivity contribution is 7.71. The molecule has 3 aromatic rings. The zero-order valence-electron chi connectivity index (χ0n) is 9.78. The summed E-state index contributed by atoms with van der Waals surface area (Å²) in [5.41, 5.74) is 2.09. The third kappa shape index (κ3) is 2.06. The van der Waals surface area contributed by atoms with Gasteiger partial charge in [0.25, 0.3) is 0 Å². The maximum Gasteiger partial charge on any atom is 0.178 e. The van der Waals surface area contributed by atoms with E-state index in [9.17, 15) is 0 Å². The van der Waals surface area contributed by atoms with Crippen molar-refractivity contribution in [2.75, 3.05) is 0 Å². The summed E-state index contributed by atoms with van der Waals surface area (Å²) < 4.78 is 4.79. The summed E-state index contributed by atoms with van der Waals surface area (Å²) in [4.78, 5) is 7.25. The monoisotopic (exact) mass is 259 g/mol. The first kappa shape index (κ1) is 11.2. The van der Waals surface area contributed by atoms with Gasteiger partial charge in [-0.1, -0.05) is 0 Å². The largest absolute Gasteiger partial charge is 0.329 e. The predicted molar refractivity (Wildman–Crippen MR) is 71.8 cm³/mol. The molecule has 0 fully saturated rings. The molecule has 0 aliphatic heterocycles. The van der Waals surface area contributed by atoms with Gasteiger partial charge in [0.15, 0.2) is 4.77 Å². The van der Waals surface area contributed by atoms with Crippen molar-refractivity contribution in [1.29, 1.82) is 0 Å². The van der Waals surface area contributed by atoms with Crippen LogP contribution in [0.2, 0.25) is 0 Å². The molecule has 0 aliphatic rings. The quantitative estimate of drug-likeness (QED) is 0.732. The third-order valence-corrected chi connectivity index (χ3v) is 3.23. The molecule has 1 N–H and O–H groups in total. The Morgan fingerprint density at radius 1 is 1.28 bits per heavy atom. The SMILES string of the molecule is S=c1[nH]c2cnccc2n1CCCn1cccn1. The van der Waals surface area contributed by atoms with Crippen LogP contribution >= 0.6 is 12.2 Å². The van der Waals surface area contributed by atoms with Crippen molar-refractivity contribution < 1.29 is 0 Å². The minimum atomic E-state index is 0.749. The average Bonchev–Trinajstić information content (AvgIpc) is 2.98. The van der Waals surface area contributed by atoms with Crippen LogP contribution in [0.1, 0.15) is 6.42 Å². The van der Waals surface area contributed by atoms with Crippen molar-refractivity contribution in [3.8, 4) is 0 Å². The Kier molecular flexibility index (Phi) is 2.93. The van der Waals surface area contributed by atoms with E-state index in [4.69, 9.17) is 12.2 Å². The highest BCUT2D eigenvalue weighted by atomic mass is 32.1. The molecule has 0 atom stereocenters. The summed E-state index contributed by atoms with van der Waals surface area (Å²) in [5, 5.41) is 4.18. The maximum absolute atomic E-state index is 5.32. The molecule has 0 bridgehead atoms. The summed E-state index contributed by atoms with van der Waals surface area (Å²) in [5.74, 6) is 0. The second-order valence-corrected chi connectivity index (χ2v) is 4.48. The van der Waals surface area contributed by atoms with Crippen LogP contribution in [0.4, 0.5) is 0 Å². The molecule has 0 spiro atoms. The van der Waals surface area contributed by atoms with Gasteiger partial charge in [-0.25, -0.2) is 0 Å². The number of hydrogen-bond donors (Lipinski definition) is 1. The topological polar surface area (TPSA) is 51.4 Å². The van der Waals surface area contributed by atoms with Gasteiger partial charge in [-0.15, -0.1) is 0 Å². The number of H-pyrrole nitrogens is 1. The zero-order chi connectivity index (χ0) is 12.4. The van der Waals surface area contributed by atoms with Crippen molar-refractivity contribution in [3.63, 3.8) is 0 Å². The summed E-state index contributed by atoms with van der Waals surface area (Å²) in [7, 11) is 0. The van der Waals surface area contributed by atoms with Crippen LogP contribution in [0.25, 0.3) is 11.0 Å². The molecule has 5 nitrogen and oxygen atoms in total. The van der Waals surface area contributed by atoms with Crippen molar-refractivity contribution in [2.24, 2.45) is 0 Å². The Labute approximate surface area is 109 Å². The van der Waals surface area contributed by atoms with Crippen molar-refractivity contribution in [2.45, 2.75) is 19.5 Å². The smallest absolute Gasteiger partial charge is 0.178 e. The first-order valence-electron chi connectivity index (χ1n) is 5.84. The predicted octanol–water partition coefficient (Wildman–Crippen LogP) is 2.38. The molecule has 3 aromatic heterocycles. The van der Waals surface area contributed by atoms with Gasteiger partial charge in [0.1, 0.15) is 0 Å². The molecule has 0 amide bonds. The van der Waals surface area contributed by atoms with Crippen LogP contribution in [0.15, 0.2) is 36.9 Å². The number of pyridine rings is 1. The second kappa shape index (κ2) is 4.73. The molecule has 92 valence electrons. The van der Waals surface area contributed by atoms with Crippen LogP contribution in [-0.4, -0.2) is 24.3 Å². The van der Waals surface area contributed by atoms with Crippen molar-refractivity contribution >= 4 is 23.3 Å². The first-order valence-corrected chi connectivity index (χ1v) is 6.25. The molecule has 3 heterocycles. The third-order valence-electron chi connectivity index (χ3n) is 2.90. The van der Waals surface area contributed by atoms with Gasteiger partial charge in [0.05, 0.1) is 17.2 Å². The number of aromatic amines is 1. The first-order chi connectivity index (χ1) is 8.84. The Bertz CT molecular complexity index is 695. The van der Waals surface area contributed by atoms with Crippen LogP contribution in [0.3, 0.4) is 0 Å². The van der Waals surface area contributed by atoms with Crippen LogP contribution in [-0.2, 0) is 13.1 Å². The fraction of sp³-hybridized carbons (Fsp3) is 0.250. The Morgan fingerprint density at radius 2 is 2.22 bits per heavy atom. The molecule has 0 saturated carbocycles. The molecule has 0 unspecified atom stereocenters. The number of aromatic nitrogens is 5. The lowest BCUT2D eigenvalue weighted by atomic mass is 10.3. The van der Waals surface area contributed by atoms with Crippen molar-refractivity contribution in [1.82, 2.24) is 24.3 Å². The van der Waals surface area contributed by atoms with Crippen LogP contribution in [0, 0.1) is 4.77 Å². The van der Waals surface area contributed by atoms with E-state index in [2.05, 4.69) is 19.6 Å². The van der Waals surface area contributed by atoms with Gasteiger partial charge in [0.2, 0.25) is 0 Å². The molecule has 0 radical (unpaired) electrons. The van der Waals surface area contributed by atoms with Gasteiger partial charge in [-0.3, -0.25) is 9.67 Å². The van der Waals surface area contributed by atoms with E-state index in [-0.39, 0.29) is 0 Å². The van der Waals surface area contributed by atoms with E-state index >= 15 is 0 Å². The highest BCUT2D eigenvalue weighted by Gasteiger charge is 2.03. The highest BCUT2D eigenvalue weighted by Crippen LogP contribution is 2.12. The molecule has 0 aliphatic carbocycles. The lowest BCUT2D eigenvalue weighted by molar-refractivity contribution is 0.530. The lowest BCUT2D eigenvalue weighted by Gasteiger charge is -2.04. The summed E-state index contributed by atoms with van der Waals surface area (Å²) in [6.07, 6.45) is 8.34. The summed E-state index contributed by atoms with van der Waals surface area (Å²) in [6, 6.07) is 3.92. The van der Waals surface area contributed by atoms with Crippen LogP contribution in [0.5, 0.6) is 0 Å². The number of nitrogens with zero attached hydrogens (tertiary/aromatic N) is 4. The molecule has 3 rings (SSSR count). The number of fused-ring (bicyclic) bond motifs is 1. The number of rotatable bonds is 4. The number of aryl methyl sites for hydroxylation is 2. The molecule has 0 saturated heterocycles. The van der Waals surface area contributed by atoms with Gasteiger partial charge in [0, 0.05) is 31.7 Å². The minimum Gasteiger partial charge on any atom is -0.329 e. The van der Waals surface area contributed by atoms with Gasteiger partial charge in [-0.05, 0) is 30.8 Å². The van der Waals surface area contributed by atoms with Crippen LogP contribution < -0.4 is 0 Å². The second-order valence-electron chi connectivity index (χ2n) is 4.10. The normalized spacial score (nSPS) is 11.1. The molecule has 0 aromatic carbocycles. The van der Waals surface area contributed by atoms with E-state index in [1.165, 1.54) is 0 Å². The van der Waals surface area contributed by atoms with E-state index in [0.717, 1.165) is 35.3 Å². The van der Waals surface area contributed by atoms with E-state index in [0.29, 0.717) is 0 Å². The summed E-state index contributed by atoms with van der Waals surface area (Å²) >= 11 is 5.32. The lowest BCUT2D eigenvalue weighted by Crippen LogP contribution is -2.04. The minimum absolute atomic E-state index is 0.749. The molecular weight excluding hydrogens is 246 g/mol. The van der Waals surface area contributed by atoms with E-state index < -0.39 is 0 Å². The molecule has 18 heavy (non-hydrogen) atoms. The van der Waals surface area contributed by atoms with E-state index in [1.807, 2.05) is 23.0 Å². The molecular formula is C12H13N5S. The number of nitrogens with one attached hydrogen (secondary N) is 1. The maximum atomic E-state index is 5.32.